The van der Waals surface area contributed by atoms with E-state index in [0.29, 0.717) is 54.3 Å². The maximum atomic E-state index is 13.3. The van der Waals surface area contributed by atoms with Crippen LogP contribution in [0.2, 0.25) is 0 Å². The molecule has 1 N–H and O–H groups in total. The van der Waals surface area contributed by atoms with Crippen molar-refractivity contribution < 1.29 is 17.9 Å². The molecule has 5 rings (SSSR count). The van der Waals surface area contributed by atoms with Gasteiger partial charge >= 0.3 is 0 Å². The largest absolute Gasteiger partial charge is 0.493 e. The molecule has 0 atom stereocenters. The first-order chi connectivity index (χ1) is 12.6. The highest BCUT2D eigenvalue weighted by Gasteiger charge is 2.34. The molecular weight excluding hydrogens is 352 g/mol. The second-order valence-corrected chi connectivity index (χ2v) is 7.97. The van der Waals surface area contributed by atoms with E-state index < -0.39 is 10.0 Å². The molecule has 0 unspecified atom stereocenters. The number of hydrogen-bond acceptors (Lipinski definition) is 5. The number of pyridine rings is 1. The van der Waals surface area contributed by atoms with Crippen molar-refractivity contribution in [3.05, 3.63) is 53.7 Å². The van der Waals surface area contributed by atoms with Crippen LogP contribution in [0.25, 0.3) is 10.9 Å². The van der Waals surface area contributed by atoms with Gasteiger partial charge in [0.05, 0.1) is 24.4 Å². The maximum absolute atomic E-state index is 13.3. The summed E-state index contributed by atoms with van der Waals surface area (Å²) in [5, 5.41) is 0.871. The van der Waals surface area contributed by atoms with Crippen LogP contribution in [-0.2, 0) is 22.9 Å². The summed E-state index contributed by atoms with van der Waals surface area (Å²) >= 11 is 0. The van der Waals surface area contributed by atoms with Crippen molar-refractivity contribution in [1.82, 2.24) is 4.98 Å². The molecule has 26 heavy (non-hydrogen) atoms. The van der Waals surface area contributed by atoms with Gasteiger partial charge in [0, 0.05) is 35.6 Å². The van der Waals surface area contributed by atoms with Gasteiger partial charge in [-0.25, -0.2) is 8.42 Å². The van der Waals surface area contributed by atoms with Gasteiger partial charge < -0.3 is 9.47 Å². The van der Waals surface area contributed by atoms with Gasteiger partial charge in [0.2, 0.25) is 0 Å². The average molecular weight is 368 g/mol. The number of ether oxygens (including phenoxy) is 2. The highest BCUT2D eigenvalue weighted by atomic mass is 32.2. The Balaban J connectivity index is 1.67. The summed E-state index contributed by atoms with van der Waals surface area (Å²) in [6, 6.07) is 11.0. The number of anilines is 1. The minimum atomic E-state index is -3.85. The number of nitrogens with one attached hydrogen (secondary N) is 1. The maximum Gasteiger partial charge on any atom is 0.266 e. The van der Waals surface area contributed by atoms with E-state index in [2.05, 4.69) is 9.71 Å². The second-order valence-electron chi connectivity index (χ2n) is 6.35. The third-order valence-electron chi connectivity index (χ3n) is 4.75. The smallest absolute Gasteiger partial charge is 0.266 e. The molecule has 0 spiro atoms. The van der Waals surface area contributed by atoms with Crippen LogP contribution in [0.3, 0.4) is 0 Å². The van der Waals surface area contributed by atoms with Crippen molar-refractivity contribution in [2.45, 2.75) is 17.7 Å². The first-order valence-corrected chi connectivity index (χ1v) is 9.93. The number of sulfonamides is 1. The van der Waals surface area contributed by atoms with Crippen LogP contribution < -0.4 is 14.2 Å². The molecule has 1 aromatic heterocycles. The van der Waals surface area contributed by atoms with Crippen molar-refractivity contribution in [2.75, 3.05) is 17.9 Å². The molecule has 3 heterocycles. The molecule has 0 aliphatic carbocycles. The summed E-state index contributed by atoms with van der Waals surface area (Å²) in [5.74, 6) is 1.10. The number of benzene rings is 2. The highest BCUT2D eigenvalue weighted by molar-refractivity contribution is 7.93. The Morgan fingerprint density at radius 3 is 2.81 bits per heavy atom. The average Bonchev–Trinajstić information content (AvgIpc) is 3.28. The Labute approximate surface area is 150 Å². The van der Waals surface area contributed by atoms with E-state index in [4.69, 9.17) is 9.47 Å². The van der Waals surface area contributed by atoms with E-state index in [1.54, 1.807) is 18.3 Å². The van der Waals surface area contributed by atoms with Crippen molar-refractivity contribution in [3.8, 4) is 11.5 Å². The SMILES string of the molecule is O=S(=O)(Nc1cccc2cccnc12)c1c2c(cc3c1OCC3)OCC2. The molecular formula is C19H16N2O4S. The number of fused-ring (bicyclic) bond motifs is 3. The van der Waals surface area contributed by atoms with Gasteiger partial charge in [-0.15, -0.1) is 0 Å². The molecule has 0 fully saturated rings. The summed E-state index contributed by atoms with van der Waals surface area (Å²) in [7, 11) is -3.85. The van der Waals surface area contributed by atoms with Crippen molar-refractivity contribution >= 4 is 26.6 Å². The topological polar surface area (TPSA) is 77.5 Å². The molecule has 0 radical (unpaired) electrons. The minimum absolute atomic E-state index is 0.202. The first-order valence-electron chi connectivity index (χ1n) is 8.44. The molecule has 0 saturated heterocycles. The summed E-state index contributed by atoms with van der Waals surface area (Å²) in [6.45, 7) is 0.965. The summed E-state index contributed by atoms with van der Waals surface area (Å²) in [5.41, 5.74) is 2.62. The second kappa shape index (κ2) is 5.60. The van der Waals surface area contributed by atoms with Crippen LogP contribution in [-0.4, -0.2) is 26.6 Å². The zero-order valence-electron chi connectivity index (χ0n) is 13.9. The van der Waals surface area contributed by atoms with Gasteiger partial charge in [-0.05, 0) is 18.2 Å². The summed E-state index contributed by atoms with van der Waals surface area (Å²) < 4.78 is 40.6. The number of aromatic nitrogens is 1. The molecule has 0 bridgehead atoms. The quantitative estimate of drug-likeness (QED) is 0.769. The fourth-order valence-corrected chi connectivity index (χ4v) is 5.13. The van der Waals surface area contributed by atoms with Gasteiger partial charge in [-0.3, -0.25) is 9.71 Å². The Morgan fingerprint density at radius 1 is 1.04 bits per heavy atom. The molecule has 3 aromatic rings. The van der Waals surface area contributed by atoms with E-state index in [9.17, 15) is 8.42 Å². The predicted molar refractivity (Wildman–Crippen MR) is 97.4 cm³/mol. The van der Waals surface area contributed by atoms with Crippen LogP contribution in [0.15, 0.2) is 47.5 Å². The van der Waals surface area contributed by atoms with Crippen molar-refractivity contribution in [1.29, 1.82) is 0 Å². The highest BCUT2D eigenvalue weighted by Crippen LogP contribution is 2.43. The fraction of sp³-hybridized carbons (Fsp3) is 0.211. The lowest BCUT2D eigenvalue weighted by atomic mass is 10.1. The van der Waals surface area contributed by atoms with Gasteiger partial charge in [-0.1, -0.05) is 18.2 Å². The van der Waals surface area contributed by atoms with E-state index in [0.717, 1.165) is 10.9 Å². The van der Waals surface area contributed by atoms with Crippen LogP contribution in [0, 0.1) is 0 Å². The molecule has 7 heteroatoms. The number of rotatable bonds is 3. The van der Waals surface area contributed by atoms with E-state index in [1.807, 2.05) is 24.3 Å². The molecule has 2 aliphatic rings. The van der Waals surface area contributed by atoms with E-state index >= 15 is 0 Å². The van der Waals surface area contributed by atoms with E-state index in [-0.39, 0.29) is 4.90 Å². The molecule has 0 amide bonds. The Kier molecular flexibility index (Phi) is 3.33. The normalized spacial score (nSPS) is 15.2. The van der Waals surface area contributed by atoms with Crippen LogP contribution in [0.1, 0.15) is 11.1 Å². The van der Waals surface area contributed by atoms with Gasteiger partial charge in [0.25, 0.3) is 10.0 Å². The van der Waals surface area contributed by atoms with Gasteiger partial charge in [0.1, 0.15) is 16.4 Å². The third kappa shape index (κ3) is 2.31. The van der Waals surface area contributed by atoms with Crippen LogP contribution >= 0.6 is 0 Å². The molecule has 2 aliphatic heterocycles. The minimum Gasteiger partial charge on any atom is -0.493 e. The fourth-order valence-electron chi connectivity index (χ4n) is 3.61. The van der Waals surface area contributed by atoms with Gasteiger partial charge in [-0.2, -0.15) is 0 Å². The lowest BCUT2D eigenvalue weighted by molar-refractivity contribution is 0.348. The zero-order chi connectivity index (χ0) is 17.7. The summed E-state index contributed by atoms with van der Waals surface area (Å²) in [4.78, 5) is 4.52. The zero-order valence-corrected chi connectivity index (χ0v) is 14.7. The molecule has 6 nitrogen and oxygen atoms in total. The third-order valence-corrected chi connectivity index (χ3v) is 6.21. The predicted octanol–water partition coefficient (Wildman–Crippen LogP) is 2.91. The Hall–Kier alpha value is -2.80. The molecule has 132 valence electrons. The summed E-state index contributed by atoms with van der Waals surface area (Å²) in [6.07, 6.45) is 2.88. The van der Waals surface area contributed by atoms with E-state index in [1.165, 1.54) is 0 Å². The molecule has 2 aromatic carbocycles. The van der Waals surface area contributed by atoms with Crippen LogP contribution in [0.5, 0.6) is 11.5 Å². The molecule has 0 saturated carbocycles. The van der Waals surface area contributed by atoms with Crippen LogP contribution in [0.4, 0.5) is 5.69 Å². The number of para-hydroxylation sites is 1. The first kappa shape index (κ1) is 15.5. The lowest BCUT2D eigenvalue weighted by Crippen LogP contribution is -2.16. The standard InChI is InChI=1S/C19H16N2O4S/c22-26(23,21-15-5-1-3-12-4-2-8-20-17(12)15)19-14-7-10-24-16(14)11-13-6-9-25-18(13)19/h1-5,8,11,21H,6-7,9-10H2. The monoisotopic (exact) mass is 368 g/mol. The number of nitrogens with zero attached hydrogens (tertiary/aromatic N) is 1. The Morgan fingerprint density at radius 2 is 1.88 bits per heavy atom. The van der Waals surface area contributed by atoms with Gasteiger partial charge in [0.15, 0.2) is 0 Å². The van der Waals surface area contributed by atoms with Crippen molar-refractivity contribution in [3.63, 3.8) is 0 Å². The number of hydrogen-bond donors (Lipinski definition) is 1. The van der Waals surface area contributed by atoms with Crippen molar-refractivity contribution in [2.24, 2.45) is 0 Å². The Bertz CT molecular complexity index is 1100. The lowest BCUT2D eigenvalue weighted by Gasteiger charge is -2.15.